The number of likely N-dealkylation sites (N-methyl/N-ethyl adjacent to an activating group) is 1. The summed E-state index contributed by atoms with van der Waals surface area (Å²) < 4.78 is 0. The molecule has 0 fully saturated rings. The third kappa shape index (κ3) is 16.7. The Morgan fingerprint density at radius 3 is 2.09 bits per heavy atom. The minimum Gasteiger partial charge on any atom is -0.508 e. The standard InChI is InChI=1S/C29H44N2O2/c1-3-4-18-25-31(2)26-19-16-14-12-10-8-6-5-7-9-11-13-15-17-24-30-29(33)27-20-22-28(32)23-21-27/h5-6,9-12,16,19-23,32H,3-4,7-8,13-15,17-18,24-26H2,1-2H3,(H,30,33). The van der Waals surface area contributed by atoms with Gasteiger partial charge in [-0.1, -0.05) is 68.4 Å². The smallest absolute Gasteiger partial charge is 0.251 e. The third-order valence-corrected chi connectivity index (χ3v) is 5.26. The van der Waals surface area contributed by atoms with Crippen LogP contribution in [0.2, 0.25) is 0 Å². The van der Waals surface area contributed by atoms with Crippen LogP contribution < -0.4 is 5.32 Å². The number of allylic oxidation sites excluding steroid dienone is 7. The van der Waals surface area contributed by atoms with E-state index in [1.807, 2.05) is 0 Å². The van der Waals surface area contributed by atoms with E-state index >= 15 is 0 Å². The molecule has 0 saturated carbocycles. The molecule has 2 N–H and O–H groups in total. The first-order valence-corrected chi connectivity index (χ1v) is 12.5. The molecule has 182 valence electrons. The Balaban J connectivity index is 1.95. The molecule has 0 bridgehead atoms. The van der Waals surface area contributed by atoms with Crippen LogP contribution in [0.4, 0.5) is 0 Å². The van der Waals surface area contributed by atoms with Crippen LogP contribution in [0.15, 0.2) is 72.9 Å². The highest BCUT2D eigenvalue weighted by molar-refractivity contribution is 5.94. The van der Waals surface area contributed by atoms with Gasteiger partial charge in [0.2, 0.25) is 0 Å². The summed E-state index contributed by atoms with van der Waals surface area (Å²) in [5.41, 5.74) is 0.576. The Morgan fingerprint density at radius 1 is 0.848 bits per heavy atom. The van der Waals surface area contributed by atoms with E-state index in [2.05, 4.69) is 72.8 Å². The number of carbonyl (C=O) groups excluding carboxylic acids is 1. The summed E-state index contributed by atoms with van der Waals surface area (Å²) in [6.45, 7) is 5.14. The molecule has 33 heavy (non-hydrogen) atoms. The molecule has 1 amide bonds. The highest BCUT2D eigenvalue weighted by Crippen LogP contribution is 2.09. The SMILES string of the molecule is CCCCCN(C)CC=CCC=CCC=CCC=CCCCCNC(=O)c1ccc(O)cc1. The zero-order chi connectivity index (χ0) is 24.0. The summed E-state index contributed by atoms with van der Waals surface area (Å²) in [6.07, 6.45) is 27.7. The number of carbonyl (C=O) groups is 1. The Morgan fingerprint density at radius 2 is 1.45 bits per heavy atom. The minimum absolute atomic E-state index is 0.0915. The van der Waals surface area contributed by atoms with E-state index in [0.29, 0.717) is 12.1 Å². The second kappa shape index (κ2) is 20.0. The third-order valence-electron chi connectivity index (χ3n) is 5.26. The molecule has 0 spiro atoms. The van der Waals surface area contributed by atoms with Gasteiger partial charge in [0.1, 0.15) is 5.75 Å². The first kappa shape index (κ1) is 28.4. The first-order chi connectivity index (χ1) is 16.1. The van der Waals surface area contributed by atoms with Crippen LogP contribution in [0.1, 0.15) is 75.1 Å². The quantitative estimate of drug-likeness (QED) is 0.190. The summed E-state index contributed by atoms with van der Waals surface area (Å²) in [6, 6.07) is 6.31. The molecular formula is C29H44N2O2. The predicted molar refractivity (Wildman–Crippen MR) is 142 cm³/mol. The van der Waals surface area contributed by atoms with E-state index in [-0.39, 0.29) is 11.7 Å². The number of nitrogens with zero attached hydrogens (tertiary/aromatic N) is 1. The zero-order valence-electron chi connectivity index (χ0n) is 20.7. The number of phenolic OH excluding ortho intramolecular Hbond substituents is 1. The van der Waals surface area contributed by atoms with Crippen molar-refractivity contribution in [3.05, 3.63) is 78.4 Å². The van der Waals surface area contributed by atoms with Crippen molar-refractivity contribution in [3.63, 3.8) is 0 Å². The van der Waals surface area contributed by atoms with Crippen LogP contribution in [0.5, 0.6) is 5.75 Å². The Kier molecular flexibility index (Phi) is 17.3. The highest BCUT2D eigenvalue weighted by Gasteiger charge is 2.03. The molecule has 0 radical (unpaired) electrons. The van der Waals surface area contributed by atoms with Gasteiger partial charge in [-0.3, -0.25) is 4.79 Å². The fourth-order valence-electron chi connectivity index (χ4n) is 3.21. The average Bonchev–Trinajstić information content (AvgIpc) is 2.81. The van der Waals surface area contributed by atoms with Gasteiger partial charge < -0.3 is 15.3 Å². The molecule has 4 heteroatoms. The topological polar surface area (TPSA) is 52.6 Å². The normalized spacial score (nSPS) is 12.2. The lowest BCUT2D eigenvalue weighted by Gasteiger charge is -2.13. The molecule has 0 aliphatic carbocycles. The lowest BCUT2D eigenvalue weighted by molar-refractivity contribution is 0.0953. The van der Waals surface area contributed by atoms with Crippen molar-refractivity contribution in [1.82, 2.24) is 10.2 Å². The number of phenols is 1. The molecule has 1 aromatic carbocycles. The van der Waals surface area contributed by atoms with Gasteiger partial charge in [-0.2, -0.15) is 0 Å². The summed E-state index contributed by atoms with van der Waals surface area (Å²) in [5.74, 6) is 0.0793. The van der Waals surface area contributed by atoms with Crippen molar-refractivity contribution in [2.24, 2.45) is 0 Å². The van der Waals surface area contributed by atoms with E-state index in [0.717, 1.165) is 45.1 Å². The first-order valence-electron chi connectivity index (χ1n) is 12.5. The number of nitrogens with one attached hydrogen (secondary N) is 1. The number of hydrogen-bond donors (Lipinski definition) is 2. The monoisotopic (exact) mass is 452 g/mol. The van der Waals surface area contributed by atoms with Gasteiger partial charge in [-0.25, -0.2) is 0 Å². The van der Waals surface area contributed by atoms with E-state index < -0.39 is 0 Å². The molecule has 1 rings (SSSR count). The second-order valence-electron chi connectivity index (χ2n) is 8.36. The van der Waals surface area contributed by atoms with Crippen LogP contribution in [-0.2, 0) is 0 Å². The van der Waals surface area contributed by atoms with Crippen LogP contribution in [0, 0.1) is 0 Å². The van der Waals surface area contributed by atoms with Crippen molar-refractivity contribution in [1.29, 1.82) is 0 Å². The van der Waals surface area contributed by atoms with Crippen molar-refractivity contribution < 1.29 is 9.90 Å². The number of benzene rings is 1. The van der Waals surface area contributed by atoms with Gasteiger partial charge in [-0.15, -0.1) is 0 Å². The maximum absolute atomic E-state index is 11.9. The number of hydrogen-bond acceptors (Lipinski definition) is 3. The van der Waals surface area contributed by atoms with Gasteiger partial charge in [0.25, 0.3) is 5.91 Å². The Labute approximate surface area is 201 Å². The molecular weight excluding hydrogens is 408 g/mol. The maximum atomic E-state index is 11.9. The maximum Gasteiger partial charge on any atom is 0.251 e. The minimum atomic E-state index is -0.0915. The Bertz CT molecular complexity index is 732. The highest BCUT2D eigenvalue weighted by atomic mass is 16.3. The molecule has 0 aromatic heterocycles. The van der Waals surface area contributed by atoms with Gasteiger partial charge >= 0.3 is 0 Å². The molecule has 0 atom stereocenters. The lowest BCUT2D eigenvalue weighted by Crippen LogP contribution is -2.24. The molecule has 0 aliphatic rings. The number of aromatic hydroxyl groups is 1. The van der Waals surface area contributed by atoms with Gasteiger partial charge in [-0.05, 0) is 82.8 Å². The van der Waals surface area contributed by atoms with Crippen molar-refractivity contribution >= 4 is 5.91 Å². The summed E-state index contributed by atoms with van der Waals surface area (Å²) in [7, 11) is 2.19. The fourth-order valence-corrected chi connectivity index (χ4v) is 3.21. The summed E-state index contributed by atoms with van der Waals surface area (Å²) >= 11 is 0. The van der Waals surface area contributed by atoms with Gasteiger partial charge in [0, 0.05) is 18.7 Å². The fraction of sp³-hybridized carbons (Fsp3) is 0.483. The number of unbranched alkanes of at least 4 members (excludes halogenated alkanes) is 4. The van der Waals surface area contributed by atoms with Gasteiger partial charge in [0.15, 0.2) is 0 Å². The molecule has 0 unspecified atom stereocenters. The second-order valence-corrected chi connectivity index (χ2v) is 8.36. The molecule has 0 heterocycles. The predicted octanol–water partition coefficient (Wildman–Crippen LogP) is 6.81. The van der Waals surface area contributed by atoms with Crippen LogP contribution in [0.25, 0.3) is 0 Å². The van der Waals surface area contributed by atoms with Crippen LogP contribution >= 0.6 is 0 Å². The zero-order valence-corrected chi connectivity index (χ0v) is 20.7. The molecule has 0 saturated heterocycles. The number of rotatable bonds is 18. The summed E-state index contributed by atoms with van der Waals surface area (Å²) in [4.78, 5) is 14.3. The largest absolute Gasteiger partial charge is 0.508 e. The van der Waals surface area contributed by atoms with E-state index in [1.54, 1.807) is 12.1 Å². The molecule has 0 aliphatic heterocycles. The molecule has 1 aromatic rings. The van der Waals surface area contributed by atoms with Crippen molar-refractivity contribution in [3.8, 4) is 5.75 Å². The summed E-state index contributed by atoms with van der Waals surface area (Å²) in [5, 5.41) is 12.2. The van der Waals surface area contributed by atoms with Crippen LogP contribution in [-0.4, -0.2) is 42.6 Å². The molecule has 4 nitrogen and oxygen atoms in total. The van der Waals surface area contributed by atoms with Crippen molar-refractivity contribution in [2.75, 3.05) is 26.7 Å². The van der Waals surface area contributed by atoms with Crippen molar-refractivity contribution in [2.45, 2.75) is 64.7 Å². The number of amides is 1. The van der Waals surface area contributed by atoms with E-state index in [4.69, 9.17) is 0 Å². The lowest BCUT2D eigenvalue weighted by atomic mass is 10.2. The van der Waals surface area contributed by atoms with E-state index in [1.165, 1.54) is 37.9 Å². The van der Waals surface area contributed by atoms with Gasteiger partial charge in [0.05, 0.1) is 0 Å². The van der Waals surface area contributed by atoms with Crippen LogP contribution in [0.3, 0.4) is 0 Å². The van der Waals surface area contributed by atoms with E-state index in [9.17, 15) is 9.90 Å². The average molecular weight is 453 g/mol. The Hall–Kier alpha value is -2.59.